The number of nitrogens with one attached hydrogen (secondary N) is 1. The van der Waals surface area contributed by atoms with E-state index < -0.39 is 6.03 Å². The maximum atomic E-state index is 11.5. The number of halogens is 1. The van der Waals surface area contributed by atoms with Crippen LogP contribution in [0.3, 0.4) is 0 Å². The molecule has 5 nitrogen and oxygen atoms in total. The van der Waals surface area contributed by atoms with Crippen molar-refractivity contribution in [2.45, 2.75) is 38.1 Å². The van der Waals surface area contributed by atoms with Gasteiger partial charge in [-0.1, -0.05) is 19.3 Å². The van der Waals surface area contributed by atoms with Crippen LogP contribution >= 0.6 is 11.6 Å². The van der Waals surface area contributed by atoms with Crippen molar-refractivity contribution in [3.8, 4) is 0 Å². The molecule has 1 rings (SSSR count). The minimum absolute atomic E-state index is 0.156. The summed E-state index contributed by atoms with van der Waals surface area (Å²) >= 11 is 5.44. The lowest BCUT2D eigenvalue weighted by Crippen LogP contribution is -2.43. The smallest absolute Gasteiger partial charge is 0.334 e. The van der Waals surface area contributed by atoms with Crippen molar-refractivity contribution in [1.82, 2.24) is 10.3 Å². The van der Waals surface area contributed by atoms with Crippen molar-refractivity contribution < 1.29 is 4.79 Å². The third-order valence-electron chi connectivity index (χ3n) is 2.56. The molecule has 0 aromatic heterocycles. The minimum Gasteiger partial charge on any atom is -0.334 e. The van der Waals surface area contributed by atoms with Gasteiger partial charge in [-0.15, -0.1) is 16.5 Å². The highest BCUT2D eigenvalue weighted by Gasteiger charge is 2.19. The molecule has 1 aliphatic rings. The molecule has 1 aliphatic carbocycles. The highest BCUT2D eigenvalue weighted by molar-refractivity contribution is 6.18. The normalized spacial score (nSPS) is 17.1. The Kier molecular flexibility index (Phi) is 5.39. The summed E-state index contributed by atoms with van der Waals surface area (Å²) in [6.45, 7) is 0.156. The van der Waals surface area contributed by atoms with Gasteiger partial charge in [-0.3, -0.25) is 0 Å². The maximum absolute atomic E-state index is 11.5. The molecule has 1 N–H and O–H groups in total. The first-order chi connectivity index (χ1) is 7.27. The molecular weight excluding hydrogens is 220 g/mol. The van der Waals surface area contributed by atoms with E-state index in [2.05, 4.69) is 10.6 Å². The van der Waals surface area contributed by atoms with Crippen LogP contribution in [0.5, 0.6) is 0 Å². The van der Waals surface area contributed by atoms with E-state index in [0.29, 0.717) is 0 Å². The summed E-state index contributed by atoms with van der Waals surface area (Å²) in [7, 11) is 0. The molecule has 0 atom stereocenters. The topological polar surface area (TPSA) is 61.8 Å². The van der Waals surface area contributed by atoms with Gasteiger partial charge in [0.2, 0.25) is 0 Å². The Morgan fingerprint density at radius 1 is 1.40 bits per heavy atom. The van der Waals surface area contributed by atoms with Gasteiger partial charge in [0.05, 0.1) is 11.8 Å². The fourth-order valence-electron chi connectivity index (χ4n) is 1.76. The zero-order chi connectivity index (χ0) is 11.1. The van der Waals surface area contributed by atoms with E-state index in [0.717, 1.165) is 30.7 Å². The fraction of sp³-hybridized carbons (Fsp3) is 0.889. The standard InChI is InChI=1S/C9H16ClN3O2/c10-6-7-13(12-15)9(14)11-8-4-2-1-3-5-8/h8H,1-7H2,(H,11,14)/i12+1,13+1. The molecule has 0 aromatic carbocycles. The number of urea groups is 1. The quantitative estimate of drug-likeness (QED) is 0.352. The molecule has 1 saturated carbocycles. The van der Waals surface area contributed by atoms with Gasteiger partial charge in [0.25, 0.3) is 0 Å². The second-order valence-electron chi connectivity index (χ2n) is 3.68. The van der Waals surface area contributed by atoms with Gasteiger partial charge in [-0.25, -0.2) is 4.79 Å². The summed E-state index contributed by atoms with van der Waals surface area (Å²) in [6.07, 6.45) is 5.46. The molecule has 0 unspecified atom stereocenters. The number of hydrogen-bond donors (Lipinski definition) is 1. The van der Waals surface area contributed by atoms with Gasteiger partial charge in [0.1, 0.15) is 0 Å². The molecule has 0 spiro atoms. The molecule has 0 radical (unpaired) electrons. The molecule has 0 saturated heterocycles. The number of nitroso groups, excluding NO2 is 1. The predicted molar refractivity (Wildman–Crippen MR) is 58.6 cm³/mol. The number of hydrogen-bond acceptors (Lipinski definition) is 3. The molecule has 15 heavy (non-hydrogen) atoms. The minimum atomic E-state index is -0.433. The first-order valence-electron chi connectivity index (χ1n) is 5.25. The van der Waals surface area contributed by atoms with Crippen LogP contribution in [0.25, 0.3) is 0 Å². The Morgan fingerprint density at radius 3 is 2.60 bits per heavy atom. The van der Waals surface area contributed by atoms with E-state index in [1.807, 2.05) is 0 Å². The van der Waals surface area contributed by atoms with Crippen LogP contribution in [0.4, 0.5) is 4.79 Å². The van der Waals surface area contributed by atoms with Crippen molar-refractivity contribution in [2.75, 3.05) is 12.4 Å². The second kappa shape index (κ2) is 6.61. The van der Waals surface area contributed by atoms with Crippen molar-refractivity contribution in [1.29, 1.82) is 0 Å². The van der Waals surface area contributed by atoms with Crippen LogP contribution in [0.2, 0.25) is 0 Å². The number of carbonyl (C=O) groups is 1. The molecule has 2 amide bonds. The van der Waals surface area contributed by atoms with E-state index in [1.54, 1.807) is 0 Å². The zero-order valence-electron chi connectivity index (χ0n) is 8.62. The van der Waals surface area contributed by atoms with Gasteiger partial charge in [-0.05, 0) is 12.8 Å². The highest BCUT2D eigenvalue weighted by atomic mass is 35.5. The van der Waals surface area contributed by atoms with Gasteiger partial charge < -0.3 is 5.32 Å². The van der Waals surface area contributed by atoms with E-state index >= 15 is 0 Å². The number of rotatable bonds is 4. The maximum Gasteiger partial charge on any atom is 0.340 e. The predicted octanol–water partition coefficient (Wildman–Crippen LogP) is 2.25. The SMILES string of the molecule is O=[15N][15N](CCCl)C(=O)NC1CCCCC1. The van der Waals surface area contributed by atoms with E-state index in [4.69, 9.17) is 11.6 Å². The molecule has 6 heteroatoms. The number of alkyl halides is 1. The second-order valence-corrected chi connectivity index (χ2v) is 4.06. The van der Waals surface area contributed by atoms with Gasteiger partial charge in [0, 0.05) is 11.9 Å². The van der Waals surface area contributed by atoms with Gasteiger partial charge >= 0.3 is 6.03 Å². The van der Waals surface area contributed by atoms with Gasteiger partial charge in [-0.2, -0.15) is 5.01 Å². The largest absolute Gasteiger partial charge is 0.340 e. The van der Waals surface area contributed by atoms with Crippen LogP contribution in [-0.4, -0.2) is 29.5 Å². The van der Waals surface area contributed by atoms with Crippen LogP contribution in [0, 0.1) is 4.91 Å². The molecule has 0 aromatic rings. The van der Waals surface area contributed by atoms with E-state index in [1.165, 1.54) is 6.42 Å². The van der Waals surface area contributed by atoms with Crippen molar-refractivity contribution >= 4 is 17.6 Å². The summed E-state index contributed by atoms with van der Waals surface area (Å²) in [6, 6.07) is -0.247. The van der Waals surface area contributed by atoms with Crippen molar-refractivity contribution in [2.24, 2.45) is 5.29 Å². The lowest BCUT2D eigenvalue weighted by molar-refractivity contribution is 0.194. The number of nitrogens with zero attached hydrogens (tertiary/aromatic N) is 2. The first-order valence-corrected chi connectivity index (χ1v) is 5.78. The summed E-state index contributed by atoms with van der Waals surface area (Å²) in [5.41, 5.74) is 0. The monoisotopic (exact) mass is 235 g/mol. The lowest BCUT2D eigenvalue weighted by Gasteiger charge is -2.24. The zero-order valence-corrected chi connectivity index (χ0v) is 9.37. The van der Waals surface area contributed by atoms with E-state index in [-0.39, 0.29) is 18.5 Å². The molecular formula is C9H16ClN3O2. The summed E-state index contributed by atoms with van der Waals surface area (Å²) < 4.78 is 0. The summed E-state index contributed by atoms with van der Waals surface area (Å²) in [4.78, 5) is 21.8. The first kappa shape index (κ1) is 12.2. The third-order valence-corrected chi connectivity index (χ3v) is 2.73. The molecule has 0 bridgehead atoms. The Bertz CT molecular complexity index is 219. The van der Waals surface area contributed by atoms with Crippen molar-refractivity contribution in [3.05, 3.63) is 4.91 Å². The molecule has 1 fully saturated rings. The van der Waals surface area contributed by atoms with Gasteiger partial charge in [0.15, 0.2) is 0 Å². The molecule has 0 aliphatic heterocycles. The van der Waals surface area contributed by atoms with Crippen molar-refractivity contribution in [3.63, 3.8) is 0 Å². The Morgan fingerprint density at radius 2 is 2.07 bits per heavy atom. The average molecular weight is 236 g/mol. The third kappa shape index (κ3) is 4.03. The summed E-state index contributed by atoms with van der Waals surface area (Å²) in [5.74, 6) is 0.212. The lowest BCUT2D eigenvalue weighted by atomic mass is 9.96. The number of carbonyl (C=O) groups excluding carboxylic acids is 1. The highest BCUT2D eigenvalue weighted by Crippen LogP contribution is 2.17. The van der Waals surface area contributed by atoms with Crippen LogP contribution in [0.15, 0.2) is 5.29 Å². The fourth-order valence-corrected chi connectivity index (χ4v) is 1.92. The van der Waals surface area contributed by atoms with Crippen LogP contribution < -0.4 is 5.32 Å². The summed E-state index contributed by atoms with van der Waals surface area (Å²) in [5, 5.41) is 6.25. The van der Waals surface area contributed by atoms with Crippen LogP contribution in [-0.2, 0) is 0 Å². The Hall–Kier alpha value is -0.840. The Labute approximate surface area is 94.1 Å². The van der Waals surface area contributed by atoms with Crippen LogP contribution in [0.1, 0.15) is 32.1 Å². The molecule has 86 valence electrons. The number of amides is 2. The Balaban J connectivity index is 2.34. The average Bonchev–Trinajstić information content (AvgIpc) is 2.27. The van der Waals surface area contributed by atoms with E-state index in [9.17, 15) is 9.70 Å². The molecule has 0 heterocycles.